The Bertz CT molecular complexity index is 394. The van der Waals surface area contributed by atoms with Crippen molar-refractivity contribution in [2.45, 2.75) is 116 Å². The molecular formula is C22H38O2. The number of carbonyl (C=O) groups is 1. The van der Waals surface area contributed by atoms with Crippen molar-refractivity contribution in [3.63, 3.8) is 0 Å². The molecule has 2 nitrogen and oxygen atoms in total. The summed E-state index contributed by atoms with van der Waals surface area (Å²) < 4.78 is 0. The van der Waals surface area contributed by atoms with Gasteiger partial charge in [0.25, 0.3) is 0 Å². The molecule has 0 aromatic heterocycles. The molecule has 0 saturated heterocycles. The van der Waals surface area contributed by atoms with Gasteiger partial charge in [0, 0.05) is 0 Å². The lowest BCUT2D eigenvalue weighted by Crippen LogP contribution is -2.44. The lowest BCUT2D eigenvalue weighted by Gasteiger charge is -2.49. The standard InChI is InChI=1S/C22H38O2/c23-20(24)19-13-18-21(14-9-5-1-2-6-10-15-21)22(19)16-11-7-3-4-8-12-17-22/h19H,1-18H2,(H,23,24). The first-order valence-electron chi connectivity index (χ1n) is 10.9. The first-order valence-corrected chi connectivity index (χ1v) is 10.9. The van der Waals surface area contributed by atoms with Gasteiger partial charge in [-0.25, -0.2) is 0 Å². The second kappa shape index (κ2) is 8.23. The highest BCUT2D eigenvalue weighted by Crippen LogP contribution is 2.66. The summed E-state index contributed by atoms with van der Waals surface area (Å²) in [6.45, 7) is 0. The molecule has 1 atom stereocenters. The predicted octanol–water partition coefficient (Wildman–Crippen LogP) is 6.72. The molecule has 0 aliphatic heterocycles. The third-order valence-electron chi connectivity index (χ3n) is 7.99. The van der Waals surface area contributed by atoms with Gasteiger partial charge in [-0.2, -0.15) is 0 Å². The van der Waals surface area contributed by atoms with E-state index in [1.165, 1.54) is 109 Å². The zero-order valence-electron chi connectivity index (χ0n) is 15.7. The van der Waals surface area contributed by atoms with Crippen LogP contribution in [-0.4, -0.2) is 11.1 Å². The molecule has 0 aromatic rings. The summed E-state index contributed by atoms with van der Waals surface area (Å²) in [5.41, 5.74) is 0.470. The zero-order valence-corrected chi connectivity index (χ0v) is 15.7. The van der Waals surface area contributed by atoms with Crippen LogP contribution in [0.5, 0.6) is 0 Å². The van der Waals surface area contributed by atoms with Crippen molar-refractivity contribution < 1.29 is 9.90 Å². The Morgan fingerprint density at radius 3 is 1.50 bits per heavy atom. The van der Waals surface area contributed by atoms with Gasteiger partial charge in [0.05, 0.1) is 5.92 Å². The highest BCUT2D eigenvalue weighted by molar-refractivity contribution is 5.72. The van der Waals surface area contributed by atoms with E-state index in [4.69, 9.17) is 0 Å². The minimum Gasteiger partial charge on any atom is -0.481 e. The summed E-state index contributed by atoms with van der Waals surface area (Å²) in [7, 11) is 0. The number of aliphatic carboxylic acids is 1. The Balaban J connectivity index is 1.92. The molecule has 3 aliphatic rings. The van der Waals surface area contributed by atoms with Crippen LogP contribution in [0.1, 0.15) is 116 Å². The maximum Gasteiger partial charge on any atom is 0.307 e. The zero-order chi connectivity index (χ0) is 16.9. The fraction of sp³-hybridized carbons (Fsp3) is 0.955. The molecule has 2 spiro atoms. The number of carboxylic acids is 1. The number of hydrogen-bond donors (Lipinski definition) is 1. The maximum atomic E-state index is 12.2. The average Bonchev–Trinajstić information content (AvgIpc) is 2.97. The van der Waals surface area contributed by atoms with Crippen molar-refractivity contribution in [3.05, 3.63) is 0 Å². The predicted molar refractivity (Wildman–Crippen MR) is 99.1 cm³/mol. The van der Waals surface area contributed by atoms with E-state index in [2.05, 4.69) is 0 Å². The second-order valence-corrected chi connectivity index (χ2v) is 9.11. The van der Waals surface area contributed by atoms with E-state index >= 15 is 0 Å². The molecule has 0 heterocycles. The van der Waals surface area contributed by atoms with Crippen molar-refractivity contribution in [3.8, 4) is 0 Å². The summed E-state index contributed by atoms with van der Waals surface area (Å²) in [5, 5.41) is 10.1. The first-order chi connectivity index (χ1) is 11.7. The first kappa shape index (κ1) is 18.3. The molecule has 0 amide bonds. The van der Waals surface area contributed by atoms with Crippen LogP contribution in [-0.2, 0) is 4.79 Å². The van der Waals surface area contributed by atoms with Crippen molar-refractivity contribution in [1.29, 1.82) is 0 Å². The maximum absolute atomic E-state index is 12.2. The molecule has 1 unspecified atom stereocenters. The minimum atomic E-state index is -0.481. The molecule has 3 fully saturated rings. The van der Waals surface area contributed by atoms with E-state index in [-0.39, 0.29) is 11.3 Å². The van der Waals surface area contributed by atoms with Crippen LogP contribution in [0.25, 0.3) is 0 Å². The van der Waals surface area contributed by atoms with Gasteiger partial charge in [0.15, 0.2) is 0 Å². The third-order valence-corrected chi connectivity index (χ3v) is 7.99. The normalized spacial score (nSPS) is 31.4. The second-order valence-electron chi connectivity index (χ2n) is 9.11. The fourth-order valence-electron chi connectivity index (χ4n) is 6.77. The van der Waals surface area contributed by atoms with Gasteiger partial charge in [0.1, 0.15) is 0 Å². The molecule has 1 N–H and O–H groups in total. The van der Waals surface area contributed by atoms with Gasteiger partial charge in [-0.15, -0.1) is 0 Å². The highest BCUT2D eigenvalue weighted by atomic mass is 16.4. The third kappa shape index (κ3) is 3.53. The summed E-state index contributed by atoms with van der Waals surface area (Å²) in [5.74, 6) is -0.539. The summed E-state index contributed by atoms with van der Waals surface area (Å²) in [6, 6.07) is 0. The summed E-state index contributed by atoms with van der Waals surface area (Å²) in [4.78, 5) is 12.2. The van der Waals surface area contributed by atoms with Gasteiger partial charge in [-0.1, -0.05) is 77.0 Å². The molecule has 3 rings (SSSR count). The Labute approximate surface area is 148 Å². The van der Waals surface area contributed by atoms with E-state index in [1.807, 2.05) is 0 Å². The van der Waals surface area contributed by atoms with Gasteiger partial charge in [-0.3, -0.25) is 4.79 Å². The quantitative estimate of drug-likeness (QED) is 0.577. The van der Waals surface area contributed by atoms with Crippen LogP contribution in [0.4, 0.5) is 0 Å². The van der Waals surface area contributed by atoms with Crippen LogP contribution >= 0.6 is 0 Å². The topological polar surface area (TPSA) is 37.3 Å². The molecule has 3 aliphatic carbocycles. The van der Waals surface area contributed by atoms with Crippen molar-refractivity contribution >= 4 is 5.97 Å². The van der Waals surface area contributed by atoms with Crippen LogP contribution in [0.15, 0.2) is 0 Å². The number of rotatable bonds is 1. The van der Waals surface area contributed by atoms with E-state index in [9.17, 15) is 9.90 Å². The summed E-state index contributed by atoms with van der Waals surface area (Å²) >= 11 is 0. The fourth-order valence-corrected chi connectivity index (χ4v) is 6.77. The van der Waals surface area contributed by atoms with E-state index in [1.54, 1.807) is 0 Å². The molecule has 0 aromatic carbocycles. The van der Waals surface area contributed by atoms with Crippen molar-refractivity contribution in [1.82, 2.24) is 0 Å². The Hall–Kier alpha value is -0.530. The number of carboxylic acid groups (broad SMARTS) is 1. The Kier molecular flexibility index (Phi) is 6.27. The number of hydrogen-bond acceptors (Lipinski definition) is 1. The van der Waals surface area contributed by atoms with E-state index in [0.717, 1.165) is 6.42 Å². The molecular weight excluding hydrogens is 296 g/mol. The van der Waals surface area contributed by atoms with Gasteiger partial charge < -0.3 is 5.11 Å². The van der Waals surface area contributed by atoms with Crippen LogP contribution < -0.4 is 0 Å². The Morgan fingerprint density at radius 2 is 1.04 bits per heavy atom. The molecule has 24 heavy (non-hydrogen) atoms. The smallest absolute Gasteiger partial charge is 0.307 e. The highest BCUT2D eigenvalue weighted by Gasteiger charge is 2.60. The van der Waals surface area contributed by atoms with Gasteiger partial charge in [-0.05, 0) is 49.4 Å². The van der Waals surface area contributed by atoms with Crippen LogP contribution in [0.2, 0.25) is 0 Å². The molecule has 2 heteroatoms. The van der Waals surface area contributed by atoms with Crippen molar-refractivity contribution in [2.24, 2.45) is 16.7 Å². The van der Waals surface area contributed by atoms with Gasteiger partial charge in [0.2, 0.25) is 0 Å². The Morgan fingerprint density at radius 1 is 0.625 bits per heavy atom. The van der Waals surface area contributed by atoms with Gasteiger partial charge >= 0.3 is 5.97 Å². The lowest BCUT2D eigenvalue weighted by molar-refractivity contribution is -0.149. The molecule has 3 saturated carbocycles. The largest absolute Gasteiger partial charge is 0.481 e. The van der Waals surface area contributed by atoms with E-state index in [0.29, 0.717) is 5.41 Å². The van der Waals surface area contributed by atoms with Crippen molar-refractivity contribution in [2.75, 3.05) is 0 Å². The summed E-state index contributed by atoms with van der Waals surface area (Å²) in [6.07, 6.45) is 23.3. The molecule has 0 radical (unpaired) electrons. The molecule has 138 valence electrons. The van der Waals surface area contributed by atoms with Crippen LogP contribution in [0.3, 0.4) is 0 Å². The SMILES string of the molecule is O=C(O)C1CCC2(CCCCCCCC2)C12CCCCCCCC2. The minimum absolute atomic E-state index is 0.0589. The lowest BCUT2D eigenvalue weighted by atomic mass is 9.54. The molecule has 0 bridgehead atoms. The number of fused-ring (bicyclic) bond motifs is 1. The monoisotopic (exact) mass is 334 g/mol. The van der Waals surface area contributed by atoms with Crippen LogP contribution in [0, 0.1) is 16.7 Å². The average molecular weight is 335 g/mol. The van der Waals surface area contributed by atoms with E-state index < -0.39 is 5.97 Å².